The third-order valence-corrected chi connectivity index (χ3v) is 7.66. The van der Waals surface area contributed by atoms with Crippen molar-refractivity contribution in [2.45, 2.75) is 26.8 Å². The van der Waals surface area contributed by atoms with E-state index in [-0.39, 0.29) is 5.56 Å². The minimum Gasteiger partial charge on any atom is -0.379 e. The second-order valence-corrected chi connectivity index (χ2v) is 9.87. The molecule has 0 saturated carbocycles. The molecule has 0 aliphatic carbocycles. The van der Waals surface area contributed by atoms with Crippen molar-refractivity contribution < 1.29 is 4.74 Å². The van der Waals surface area contributed by atoms with Gasteiger partial charge in [0.2, 0.25) is 0 Å². The van der Waals surface area contributed by atoms with Crippen molar-refractivity contribution in [2.24, 2.45) is 0 Å². The van der Waals surface area contributed by atoms with Gasteiger partial charge in [-0.05, 0) is 44.6 Å². The molecule has 0 atom stereocenters. The summed E-state index contributed by atoms with van der Waals surface area (Å²) < 4.78 is 5.39. The maximum atomic E-state index is 12.5. The molecule has 4 rings (SSSR count). The number of morpholine rings is 1. The Morgan fingerprint density at radius 3 is 2.65 bits per heavy atom. The SMILES string of the molecule is Cc1sc2nc(CN3CCN(C(=S)NCCCN4CCOCC4)CC3)[nH]c(=O)c2c1C. The second kappa shape index (κ2) is 10.4. The Hall–Kier alpha value is -1.59. The number of hydrogen-bond donors (Lipinski definition) is 2. The Labute approximate surface area is 192 Å². The van der Waals surface area contributed by atoms with E-state index in [2.05, 4.69) is 25.0 Å². The number of fused-ring (bicyclic) bond motifs is 1. The molecule has 8 nitrogen and oxygen atoms in total. The van der Waals surface area contributed by atoms with Crippen LogP contribution in [0.15, 0.2) is 4.79 Å². The van der Waals surface area contributed by atoms with Crippen LogP contribution in [-0.2, 0) is 11.3 Å². The van der Waals surface area contributed by atoms with Crippen LogP contribution in [0.25, 0.3) is 10.2 Å². The van der Waals surface area contributed by atoms with Gasteiger partial charge in [-0.25, -0.2) is 4.98 Å². The Morgan fingerprint density at radius 1 is 1.16 bits per heavy atom. The van der Waals surface area contributed by atoms with Gasteiger partial charge in [0, 0.05) is 50.7 Å². The molecule has 2 aromatic rings. The van der Waals surface area contributed by atoms with Crippen LogP contribution < -0.4 is 10.9 Å². The van der Waals surface area contributed by atoms with Crippen molar-refractivity contribution in [1.29, 1.82) is 0 Å². The number of rotatable bonds is 6. The van der Waals surface area contributed by atoms with E-state index in [0.717, 1.165) is 104 Å². The number of nitrogens with one attached hydrogen (secondary N) is 2. The highest BCUT2D eigenvalue weighted by atomic mass is 32.1. The van der Waals surface area contributed by atoms with Crippen molar-refractivity contribution in [3.8, 4) is 0 Å². The molecular weight excluding hydrogens is 432 g/mol. The first-order valence-corrected chi connectivity index (χ1v) is 12.3. The zero-order valence-electron chi connectivity index (χ0n) is 18.4. The fourth-order valence-corrected chi connectivity index (χ4v) is 5.46. The average Bonchev–Trinajstić information content (AvgIpc) is 3.06. The fourth-order valence-electron chi connectivity index (χ4n) is 4.13. The highest BCUT2D eigenvalue weighted by molar-refractivity contribution is 7.80. The van der Waals surface area contributed by atoms with E-state index < -0.39 is 0 Å². The van der Waals surface area contributed by atoms with Gasteiger partial charge in [0.15, 0.2) is 5.11 Å². The van der Waals surface area contributed by atoms with Gasteiger partial charge in [0.25, 0.3) is 5.56 Å². The lowest BCUT2D eigenvalue weighted by Gasteiger charge is -2.36. The van der Waals surface area contributed by atoms with Crippen molar-refractivity contribution in [3.63, 3.8) is 0 Å². The predicted octanol–water partition coefficient (Wildman–Crippen LogP) is 1.32. The summed E-state index contributed by atoms with van der Waals surface area (Å²) in [5.41, 5.74) is 1.02. The minimum atomic E-state index is -0.0251. The van der Waals surface area contributed by atoms with E-state index in [9.17, 15) is 4.79 Å². The molecule has 2 fully saturated rings. The summed E-state index contributed by atoms with van der Waals surface area (Å²) in [7, 11) is 0. The standard InChI is InChI=1S/C21H32N6O2S2/c1-15-16(2)31-20-18(15)19(28)23-17(24-20)14-26-6-8-27(9-7-26)21(30)22-4-3-5-25-10-12-29-13-11-25/h3-14H2,1-2H3,(H,22,30)(H,23,24,28). The first kappa shape index (κ1) is 22.6. The zero-order chi connectivity index (χ0) is 21.8. The number of H-pyrrole nitrogens is 1. The Kier molecular flexibility index (Phi) is 7.55. The van der Waals surface area contributed by atoms with Crippen LogP contribution in [0.5, 0.6) is 0 Å². The lowest BCUT2D eigenvalue weighted by atomic mass is 10.2. The molecule has 170 valence electrons. The maximum absolute atomic E-state index is 12.5. The van der Waals surface area contributed by atoms with E-state index in [4.69, 9.17) is 21.9 Å². The number of ether oxygens (including phenoxy) is 1. The van der Waals surface area contributed by atoms with E-state index in [1.165, 1.54) is 0 Å². The Balaban J connectivity index is 1.21. The summed E-state index contributed by atoms with van der Waals surface area (Å²) in [5, 5.41) is 5.00. The fraction of sp³-hybridized carbons (Fsp3) is 0.667. The summed E-state index contributed by atoms with van der Waals surface area (Å²) in [6.45, 7) is 14.0. The molecule has 0 spiro atoms. The molecule has 0 aromatic carbocycles. The summed E-state index contributed by atoms with van der Waals surface area (Å²) in [5.74, 6) is 0.746. The van der Waals surface area contributed by atoms with Crippen molar-refractivity contribution >= 4 is 38.9 Å². The van der Waals surface area contributed by atoms with E-state index in [1.54, 1.807) is 11.3 Å². The lowest BCUT2D eigenvalue weighted by Crippen LogP contribution is -2.51. The maximum Gasteiger partial charge on any atom is 0.259 e. The van der Waals surface area contributed by atoms with Crippen molar-refractivity contribution in [2.75, 3.05) is 65.6 Å². The molecule has 0 bridgehead atoms. The molecule has 2 N–H and O–H groups in total. The van der Waals surface area contributed by atoms with Crippen molar-refractivity contribution in [1.82, 2.24) is 30.0 Å². The molecule has 2 saturated heterocycles. The predicted molar refractivity (Wildman–Crippen MR) is 129 cm³/mol. The van der Waals surface area contributed by atoms with Gasteiger partial charge in [0.1, 0.15) is 10.7 Å². The molecule has 2 aromatic heterocycles. The summed E-state index contributed by atoms with van der Waals surface area (Å²) in [6.07, 6.45) is 1.09. The average molecular weight is 465 g/mol. The number of aromatic nitrogens is 2. The van der Waals surface area contributed by atoms with Crippen LogP contribution in [0.3, 0.4) is 0 Å². The number of aromatic amines is 1. The summed E-state index contributed by atoms with van der Waals surface area (Å²) in [4.78, 5) is 29.2. The van der Waals surface area contributed by atoms with Crippen molar-refractivity contribution in [3.05, 3.63) is 26.6 Å². The van der Waals surface area contributed by atoms with Crippen LogP contribution in [-0.4, -0.2) is 95.4 Å². The van der Waals surface area contributed by atoms with E-state index >= 15 is 0 Å². The second-order valence-electron chi connectivity index (χ2n) is 8.28. The molecular formula is C21H32N6O2S2. The number of piperazine rings is 1. The number of thiocarbonyl (C=S) groups is 1. The van der Waals surface area contributed by atoms with Gasteiger partial charge >= 0.3 is 0 Å². The normalized spacial score (nSPS) is 18.6. The van der Waals surface area contributed by atoms with Gasteiger partial charge < -0.3 is 19.9 Å². The van der Waals surface area contributed by atoms with Gasteiger partial charge in [-0.15, -0.1) is 11.3 Å². The van der Waals surface area contributed by atoms with Crippen LogP contribution in [0.2, 0.25) is 0 Å². The highest BCUT2D eigenvalue weighted by Gasteiger charge is 2.20. The quantitative estimate of drug-likeness (QED) is 0.490. The van der Waals surface area contributed by atoms with Crippen LogP contribution >= 0.6 is 23.6 Å². The number of nitrogens with zero attached hydrogens (tertiary/aromatic N) is 4. The minimum absolute atomic E-state index is 0.0251. The first-order chi connectivity index (χ1) is 15.0. The number of hydrogen-bond acceptors (Lipinski definition) is 7. The Morgan fingerprint density at radius 2 is 1.90 bits per heavy atom. The number of aryl methyl sites for hydroxylation is 2. The van der Waals surface area contributed by atoms with Gasteiger partial charge in [0.05, 0.1) is 25.1 Å². The molecule has 10 heteroatoms. The first-order valence-electron chi connectivity index (χ1n) is 11.1. The van der Waals surface area contributed by atoms with E-state index in [0.29, 0.717) is 6.54 Å². The molecule has 0 unspecified atom stereocenters. The number of thiophene rings is 1. The van der Waals surface area contributed by atoms with Crippen LogP contribution in [0.1, 0.15) is 22.7 Å². The van der Waals surface area contributed by atoms with Crippen LogP contribution in [0.4, 0.5) is 0 Å². The topological polar surface area (TPSA) is 76.7 Å². The monoisotopic (exact) mass is 464 g/mol. The highest BCUT2D eigenvalue weighted by Crippen LogP contribution is 2.25. The van der Waals surface area contributed by atoms with Gasteiger partial charge in [-0.2, -0.15) is 0 Å². The molecule has 0 radical (unpaired) electrons. The molecule has 2 aliphatic rings. The largest absolute Gasteiger partial charge is 0.379 e. The summed E-state index contributed by atoms with van der Waals surface area (Å²) in [6, 6.07) is 0. The van der Waals surface area contributed by atoms with Gasteiger partial charge in [-0.3, -0.25) is 14.6 Å². The third kappa shape index (κ3) is 5.61. The molecule has 0 amide bonds. The molecule has 4 heterocycles. The Bertz CT molecular complexity index is 961. The van der Waals surface area contributed by atoms with Crippen LogP contribution in [0, 0.1) is 13.8 Å². The lowest BCUT2D eigenvalue weighted by molar-refractivity contribution is 0.0375. The van der Waals surface area contributed by atoms with Gasteiger partial charge in [-0.1, -0.05) is 0 Å². The zero-order valence-corrected chi connectivity index (χ0v) is 20.0. The molecule has 31 heavy (non-hydrogen) atoms. The smallest absolute Gasteiger partial charge is 0.259 e. The van der Waals surface area contributed by atoms with E-state index in [1.807, 2.05) is 13.8 Å². The molecule has 2 aliphatic heterocycles. The summed E-state index contributed by atoms with van der Waals surface area (Å²) >= 11 is 7.20. The third-order valence-electron chi connectivity index (χ3n) is 6.15.